The van der Waals surface area contributed by atoms with Crippen molar-refractivity contribution in [2.24, 2.45) is 0 Å². The Balaban J connectivity index is 2.19. The van der Waals surface area contributed by atoms with Crippen molar-refractivity contribution < 1.29 is 17.7 Å². The first-order chi connectivity index (χ1) is 16.0. The van der Waals surface area contributed by atoms with Crippen molar-refractivity contribution in [3.63, 3.8) is 0 Å². The third-order valence-corrected chi connectivity index (χ3v) is 7.67. The van der Waals surface area contributed by atoms with Gasteiger partial charge in [-0.1, -0.05) is 39.8 Å². The van der Waals surface area contributed by atoms with E-state index in [2.05, 4.69) is 20.4 Å². The molecule has 2 aromatic rings. The maximum absolute atomic E-state index is 13.0. The summed E-state index contributed by atoms with van der Waals surface area (Å²) in [4.78, 5) is 19.4. The van der Waals surface area contributed by atoms with Gasteiger partial charge in [0.05, 0.1) is 16.3 Å². The number of hydrogen-bond donors (Lipinski definition) is 1. The number of carbonyl (C=O) groups excluding carboxylic acids is 1. The molecule has 0 saturated carbocycles. The standard InChI is InChI=1S/C24H39N5O4S/c1-8-28(9-2)20-16-15-18(34(31,32)29(10-3)11-4)17-19(20)25-21(30)13-12-14-22-26-23(27-33-22)24(5,6)7/h15-17H,8-14H2,1-7H3,(H,25,30). The predicted octanol–water partition coefficient (Wildman–Crippen LogP) is 4.21. The molecule has 0 bridgehead atoms. The lowest BCUT2D eigenvalue weighted by molar-refractivity contribution is -0.116. The number of carbonyl (C=O) groups is 1. The van der Waals surface area contributed by atoms with Gasteiger partial charge in [0.1, 0.15) is 0 Å². The van der Waals surface area contributed by atoms with Crippen molar-refractivity contribution in [3.8, 4) is 0 Å². The quantitative estimate of drug-likeness (QED) is 0.472. The fourth-order valence-corrected chi connectivity index (χ4v) is 5.09. The maximum atomic E-state index is 13.0. The lowest BCUT2D eigenvalue weighted by Gasteiger charge is -2.26. The Kier molecular flexibility index (Phi) is 9.64. The smallest absolute Gasteiger partial charge is 0.243 e. The molecule has 0 fully saturated rings. The maximum Gasteiger partial charge on any atom is 0.243 e. The van der Waals surface area contributed by atoms with Gasteiger partial charge in [-0.3, -0.25) is 4.79 Å². The number of nitrogens with one attached hydrogen (secondary N) is 1. The van der Waals surface area contributed by atoms with E-state index in [0.717, 1.165) is 18.8 Å². The van der Waals surface area contributed by atoms with Crippen LogP contribution >= 0.6 is 0 Å². The summed E-state index contributed by atoms with van der Waals surface area (Å²) in [5.74, 6) is 0.956. The average Bonchev–Trinajstić information content (AvgIpc) is 3.25. The highest BCUT2D eigenvalue weighted by atomic mass is 32.2. The van der Waals surface area contributed by atoms with Gasteiger partial charge in [0, 0.05) is 44.4 Å². The molecule has 0 aliphatic carbocycles. The minimum absolute atomic E-state index is 0.169. The highest BCUT2D eigenvalue weighted by Gasteiger charge is 2.24. The number of anilines is 2. The van der Waals surface area contributed by atoms with E-state index in [1.54, 1.807) is 18.2 Å². The SMILES string of the molecule is CCN(CC)c1ccc(S(=O)(=O)N(CC)CC)cc1NC(=O)CCCc1nc(C(C)(C)C)no1. The van der Waals surface area contributed by atoms with E-state index in [1.165, 1.54) is 4.31 Å². The van der Waals surface area contributed by atoms with Gasteiger partial charge < -0.3 is 14.7 Å². The van der Waals surface area contributed by atoms with Gasteiger partial charge in [0.25, 0.3) is 0 Å². The van der Waals surface area contributed by atoms with E-state index < -0.39 is 10.0 Å². The Hall–Kier alpha value is -2.46. The Morgan fingerprint density at radius 2 is 1.71 bits per heavy atom. The van der Waals surface area contributed by atoms with Crippen LogP contribution < -0.4 is 10.2 Å². The van der Waals surface area contributed by atoms with Gasteiger partial charge in [0.15, 0.2) is 5.82 Å². The number of benzene rings is 1. The molecule has 1 amide bonds. The van der Waals surface area contributed by atoms with Crippen molar-refractivity contribution in [1.82, 2.24) is 14.4 Å². The number of amides is 1. The molecule has 10 heteroatoms. The van der Waals surface area contributed by atoms with Crippen LogP contribution in [0.5, 0.6) is 0 Å². The molecule has 0 radical (unpaired) electrons. The summed E-state index contributed by atoms with van der Waals surface area (Å²) < 4.78 is 32.8. The van der Waals surface area contributed by atoms with Crippen LogP contribution in [0.25, 0.3) is 0 Å². The van der Waals surface area contributed by atoms with Crippen LogP contribution in [0.1, 0.15) is 73.0 Å². The minimum atomic E-state index is -3.64. The fourth-order valence-electron chi connectivity index (χ4n) is 3.60. The largest absolute Gasteiger partial charge is 0.370 e. The van der Waals surface area contributed by atoms with Crippen LogP contribution in [0.4, 0.5) is 11.4 Å². The minimum Gasteiger partial charge on any atom is -0.370 e. The van der Waals surface area contributed by atoms with E-state index in [9.17, 15) is 13.2 Å². The molecule has 1 heterocycles. The molecular weight excluding hydrogens is 454 g/mol. The van der Waals surface area contributed by atoms with Gasteiger partial charge in [-0.2, -0.15) is 9.29 Å². The predicted molar refractivity (Wildman–Crippen MR) is 135 cm³/mol. The molecule has 1 aromatic heterocycles. The fraction of sp³-hybridized carbons (Fsp3) is 0.625. The van der Waals surface area contributed by atoms with Crippen molar-refractivity contribution in [1.29, 1.82) is 0 Å². The van der Waals surface area contributed by atoms with Crippen molar-refractivity contribution in [3.05, 3.63) is 29.9 Å². The number of aromatic nitrogens is 2. The van der Waals surface area contributed by atoms with Gasteiger partial charge in [-0.15, -0.1) is 0 Å². The molecule has 190 valence electrons. The van der Waals surface area contributed by atoms with Gasteiger partial charge in [-0.05, 0) is 38.5 Å². The normalized spacial score (nSPS) is 12.2. The third kappa shape index (κ3) is 6.79. The Morgan fingerprint density at radius 1 is 1.06 bits per heavy atom. The Bertz CT molecular complexity index is 1050. The van der Waals surface area contributed by atoms with Gasteiger partial charge >= 0.3 is 0 Å². The summed E-state index contributed by atoms with van der Waals surface area (Å²) in [7, 11) is -3.64. The molecule has 0 atom stereocenters. The van der Waals surface area contributed by atoms with Crippen LogP contribution in [0.3, 0.4) is 0 Å². The molecule has 0 spiro atoms. The van der Waals surface area contributed by atoms with E-state index in [1.807, 2.05) is 48.5 Å². The lowest BCUT2D eigenvalue weighted by atomic mass is 9.96. The monoisotopic (exact) mass is 493 g/mol. The molecule has 9 nitrogen and oxygen atoms in total. The third-order valence-electron chi connectivity index (χ3n) is 5.62. The molecule has 0 unspecified atom stereocenters. The van der Waals surface area contributed by atoms with Crippen molar-refractivity contribution in [2.45, 2.75) is 78.0 Å². The Labute approximate surface area is 204 Å². The van der Waals surface area contributed by atoms with Gasteiger partial charge in [0.2, 0.25) is 21.8 Å². The zero-order chi connectivity index (χ0) is 25.5. The first-order valence-electron chi connectivity index (χ1n) is 12.0. The summed E-state index contributed by atoms with van der Waals surface area (Å²) in [6, 6.07) is 4.94. The highest BCUT2D eigenvalue weighted by Crippen LogP contribution is 2.30. The van der Waals surface area contributed by atoms with Crippen LogP contribution in [0, 0.1) is 0 Å². The second-order valence-corrected chi connectivity index (χ2v) is 11.0. The molecular formula is C24H39N5O4S. The van der Waals surface area contributed by atoms with Crippen LogP contribution in [0.2, 0.25) is 0 Å². The summed E-state index contributed by atoms with van der Waals surface area (Å²) in [6.45, 7) is 15.9. The first kappa shape index (κ1) is 27.8. The second-order valence-electron chi connectivity index (χ2n) is 9.10. The summed E-state index contributed by atoms with van der Waals surface area (Å²) in [5.41, 5.74) is 1.09. The van der Waals surface area contributed by atoms with Crippen molar-refractivity contribution in [2.75, 3.05) is 36.4 Å². The zero-order valence-electron chi connectivity index (χ0n) is 21.5. The van der Waals surface area contributed by atoms with Crippen molar-refractivity contribution >= 4 is 27.3 Å². The second kappa shape index (κ2) is 11.8. The number of hydrogen-bond acceptors (Lipinski definition) is 7. The zero-order valence-corrected chi connectivity index (χ0v) is 22.3. The van der Waals surface area contributed by atoms with Crippen LogP contribution in [0.15, 0.2) is 27.6 Å². The molecule has 0 aliphatic heterocycles. The van der Waals surface area contributed by atoms with Crippen LogP contribution in [-0.2, 0) is 26.7 Å². The number of rotatable bonds is 12. The molecule has 34 heavy (non-hydrogen) atoms. The first-order valence-corrected chi connectivity index (χ1v) is 13.4. The van der Waals surface area contributed by atoms with E-state index in [-0.39, 0.29) is 22.6 Å². The highest BCUT2D eigenvalue weighted by molar-refractivity contribution is 7.89. The molecule has 0 saturated heterocycles. The number of aryl methyl sites for hydroxylation is 1. The van der Waals surface area contributed by atoms with Gasteiger partial charge in [-0.25, -0.2) is 8.42 Å². The van der Waals surface area contributed by atoms with E-state index in [0.29, 0.717) is 43.3 Å². The number of sulfonamides is 1. The Morgan fingerprint density at radius 3 is 2.24 bits per heavy atom. The lowest BCUT2D eigenvalue weighted by Crippen LogP contribution is -2.31. The summed E-state index contributed by atoms with van der Waals surface area (Å²) in [6.07, 6.45) is 1.28. The summed E-state index contributed by atoms with van der Waals surface area (Å²) >= 11 is 0. The topological polar surface area (TPSA) is 109 Å². The molecule has 1 aromatic carbocycles. The van der Waals surface area contributed by atoms with E-state index in [4.69, 9.17) is 4.52 Å². The summed E-state index contributed by atoms with van der Waals surface area (Å²) in [5, 5.41) is 6.94. The van der Waals surface area contributed by atoms with Crippen LogP contribution in [-0.4, -0.2) is 54.9 Å². The molecule has 2 rings (SSSR count). The van der Waals surface area contributed by atoms with E-state index >= 15 is 0 Å². The number of nitrogens with zero attached hydrogens (tertiary/aromatic N) is 4. The molecule has 0 aliphatic rings. The molecule has 1 N–H and O–H groups in total. The average molecular weight is 494 g/mol.